The lowest BCUT2D eigenvalue weighted by atomic mass is 9.93. The molecule has 21 heavy (non-hydrogen) atoms. The van der Waals surface area contributed by atoms with E-state index in [4.69, 9.17) is 23.2 Å². The highest BCUT2D eigenvalue weighted by atomic mass is 127. The molecule has 0 bridgehead atoms. The van der Waals surface area contributed by atoms with Gasteiger partial charge in [0.1, 0.15) is 0 Å². The number of nitrogens with zero attached hydrogens (tertiary/aromatic N) is 1. The fourth-order valence-corrected chi connectivity index (χ4v) is 3.98. The maximum absolute atomic E-state index is 6.20. The van der Waals surface area contributed by atoms with Crippen molar-refractivity contribution in [2.45, 2.75) is 18.4 Å². The van der Waals surface area contributed by atoms with Crippen LogP contribution in [0.15, 0.2) is 36.4 Å². The van der Waals surface area contributed by atoms with E-state index in [1.54, 1.807) is 0 Å². The second kappa shape index (κ2) is 6.07. The Morgan fingerprint density at radius 2 is 1.76 bits per heavy atom. The highest BCUT2D eigenvalue weighted by Crippen LogP contribution is 2.47. The van der Waals surface area contributed by atoms with Crippen LogP contribution in [0.1, 0.15) is 35.1 Å². The van der Waals surface area contributed by atoms with Crippen molar-refractivity contribution in [2.75, 3.05) is 14.1 Å². The van der Waals surface area contributed by atoms with E-state index < -0.39 is 0 Å². The van der Waals surface area contributed by atoms with E-state index in [1.165, 1.54) is 20.3 Å². The molecule has 0 aliphatic heterocycles. The van der Waals surface area contributed by atoms with Gasteiger partial charge in [0, 0.05) is 15.5 Å². The van der Waals surface area contributed by atoms with Crippen LogP contribution in [0.4, 0.5) is 0 Å². The molecule has 1 aliphatic carbocycles. The van der Waals surface area contributed by atoms with Crippen molar-refractivity contribution in [3.63, 3.8) is 0 Å². The number of halogens is 3. The lowest BCUT2D eigenvalue weighted by molar-refractivity contribution is 0.293. The van der Waals surface area contributed by atoms with E-state index in [0.717, 1.165) is 6.42 Å². The van der Waals surface area contributed by atoms with Gasteiger partial charge in [0.15, 0.2) is 0 Å². The Kier molecular flexibility index (Phi) is 4.51. The molecule has 0 saturated carbocycles. The Balaban J connectivity index is 2.07. The maximum atomic E-state index is 6.20. The van der Waals surface area contributed by atoms with Gasteiger partial charge in [0.2, 0.25) is 0 Å². The molecule has 0 N–H and O–H groups in total. The van der Waals surface area contributed by atoms with Gasteiger partial charge in [-0.1, -0.05) is 35.3 Å². The smallest absolute Gasteiger partial charge is 0.0595 e. The van der Waals surface area contributed by atoms with Gasteiger partial charge in [-0.3, -0.25) is 0 Å². The third-order valence-corrected chi connectivity index (χ3v) is 5.62. The number of hydrogen-bond donors (Lipinski definition) is 0. The summed E-state index contributed by atoms with van der Waals surface area (Å²) in [6, 6.07) is 13.2. The van der Waals surface area contributed by atoms with Crippen LogP contribution in [0.25, 0.3) is 0 Å². The molecular weight excluding hydrogens is 416 g/mol. The Labute approximate surface area is 149 Å². The number of rotatable bonds is 2. The third kappa shape index (κ3) is 2.96. The molecule has 2 aromatic carbocycles. The number of fused-ring (bicyclic) bond motifs is 1. The molecule has 0 unspecified atom stereocenters. The van der Waals surface area contributed by atoms with Crippen LogP contribution >= 0.6 is 45.8 Å². The molecule has 0 fully saturated rings. The molecular formula is C17H16Cl2IN. The van der Waals surface area contributed by atoms with Crippen molar-refractivity contribution >= 4 is 45.8 Å². The fraction of sp³-hybridized carbons (Fsp3) is 0.294. The monoisotopic (exact) mass is 431 g/mol. The largest absolute Gasteiger partial charge is 0.302 e. The summed E-state index contributed by atoms with van der Waals surface area (Å²) in [6.07, 6.45) is 1.08. The van der Waals surface area contributed by atoms with Crippen LogP contribution in [0.2, 0.25) is 10.0 Å². The zero-order valence-electron chi connectivity index (χ0n) is 11.9. The highest BCUT2D eigenvalue weighted by molar-refractivity contribution is 14.1. The van der Waals surface area contributed by atoms with Gasteiger partial charge in [-0.15, -0.1) is 0 Å². The SMILES string of the molecule is CN(C)[C@@H]1C[C@@H](c2ccc(Cl)c(Cl)c2)c2ccc(I)cc21. The van der Waals surface area contributed by atoms with Crippen LogP contribution in [0.3, 0.4) is 0 Å². The molecule has 3 rings (SSSR count). The fourth-order valence-electron chi connectivity index (χ4n) is 3.16. The van der Waals surface area contributed by atoms with Crippen LogP contribution < -0.4 is 0 Å². The van der Waals surface area contributed by atoms with Crippen molar-refractivity contribution in [2.24, 2.45) is 0 Å². The standard InChI is InChI=1S/C17H16Cl2IN/c1-21(2)17-9-13(10-3-6-15(18)16(19)7-10)12-5-4-11(20)8-14(12)17/h3-8,13,17H,9H2,1-2H3/t13-,17+/m0/s1. The molecule has 0 radical (unpaired) electrons. The van der Waals surface area contributed by atoms with Crippen LogP contribution in [0, 0.1) is 3.57 Å². The topological polar surface area (TPSA) is 3.24 Å². The second-order valence-corrected chi connectivity index (χ2v) is 7.77. The van der Waals surface area contributed by atoms with E-state index in [0.29, 0.717) is 22.0 Å². The zero-order valence-corrected chi connectivity index (χ0v) is 15.6. The molecule has 2 aromatic rings. The van der Waals surface area contributed by atoms with Crippen LogP contribution in [0.5, 0.6) is 0 Å². The minimum Gasteiger partial charge on any atom is -0.302 e. The van der Waals surface area contributed by atoms with Crippen molar-refractivity contribution in [1.29, 1.82) is 0 Å². The summed E-state index contributed by atoms with van der Waals surface area (Å²) in [7, 11) is 4.29. The van der Waals surface area contributed by atoms with E-state index >= 15 is 0 Å². The first-order chi connectivity index (χ1) is 9.97. The number of benzene rings is 2. The molecule has 2 atom stereocenters. The van der Waals surface area contributed by atoms with Crippen LogP contribution in [-0.2, 0) is 0 Å². The Hall–Kier alpha value is -0.290. The summed E-state index contributed by atoms with van der Waals surface area (Å²) in [6.45, 7) is 0. The average Bonchev–Trinajstić information content (AvgIpc) is 2.80. The molecule has 0 aromatic heterocycles. The van der Waals surface area contributed by atoms with Crippen LogP contribution in [-0.4, -0.2) is 19.0 Å². The summed E-state index contributed by atoms with van der Waals surface area (Å²) < 4.78 is 1.29. The zero-order chi connectivity index (χ0) is 15.1. The summed E-state index contributed by atoms with van der Waals surface area (Å²) >= 11 is 14.6. The quantitative estimate of drug-likeness (QED) is 0.548. The average molecular weight is 432 g/mol. The van der Waals surface area contributed by atoms with Gasteiger partial charge in [-0.25, -0.2) is 0 Å². The van der Waals surface area contributed by atoms with Gasteiger partial charge in [0.25, 0.3) is 0 Å². The minimum atomic E-state index is 0.388. The van der Waals surface area contributed by atoms with Crippen molar-refractivity contribution < 1.29 is 0 Å². The van der Waals surface area contributed by atoms with Crippen molar-refractivity contribution in [1.82, 2.24) is 4.90 Å². The first-order valence-corrected chi connectivity index (χ1v) is 8.71. The second-order valence-electron chi connectivity index (χ2n) is 5.71. The van der Waals surface area contributed by atoms with Gasteiger partial charge in [-0.2, -0.15) is 0 Å². The molecule has 0 heterocycles. The van der Waals surface area contributed by atoms with Gasteiger partial charge < -0.3 is 4.90 Å². The van der Waals surface area contributed by atoms with E-state index in [1.807, 2.05) is 12.1 Å². The van der Waals surface area contributed by atoms with E-state index in [-0.39, 0.29) is 0 Å². The van der Waals surface area contributed by atoms with Crippen molar-refractivity contribution in [3.8, 4) is 0 Å². The normalized spacial score (nSPS) is 20.9. The molecule has 110 valence electrons. The molecule has 0 spiro atoms. The Bertz CT molecular complexity index is 684. The lowest BCUT2D eigenvalue weighted by Crippen LogP contribution is -2.17. The summed E-state index contributed by atoms with van der Waals surface area (Å²) in [5.41, 5.74) is 4.09. The lowest BCUT2D eigenvalue weighted by Gasteiger charge is -2.20. The predicted molar refractivity (Wildman–Crippen MR) is 98.5 cm³/mol. The predicted octanol–water partition coefficient (Wildman–Crippen LogP) is 5.74. The molecule has 0 amide bonds. The van der Waals surface area contributed by atoms with Gasteiger partial charge in [-0.05, 0) is 84.1 Å². The summed E-state index contributed by atoms with van der Waals surface area (Å²) in [4.78, 5) is 2.30. The molecule has 1 aliphatic rings. The number of hydrogen-bond acceptors (Lipinski definition) is 1. The maximum Gasteiger partial charge on any atom is 0.0595 e. The van der Waals surface area contributed by atoms with Gasteiger partial charge in [0.05, 0.1) is 10.0 Å². The Morgan fingerprint density at radius 3 is 2.43 bits per heavy atom. The van der Waals surface area contributed by atoms with E-state index in [2.05, 4.69) is 65.9 Å². The minimum absolute atomic E-state index is 0.388. The first kappa shape index (κ1) is 15.6. The first-order valence-electron chi connectivity index (χ1n) is 6.88. The van der Waals surface area contributed by atoms with Gasteiger partial charge >= 0.3 is 0 Å². The summed E-state index contributed by atoms with van der Waals surface area (Å²) in [5, 5.41) is 1.25. The summed E-state index contributed by atoms with van der Waals surface area (Å²) in [5.74, 6) is 0.388. The molecule has 0 saturated heterocycles. The Morgan fingerprint density at radius 1 is 1.00 bits per heavy atom. The van der Waals surface area contributed by atoms with Crippen molar-refractivity contribution in [3.05, 3.63) is 66.7 Å². The third-order valence-electron chi connectivity index (χ3n) is 4.21. The highest BCUT2D eigenvalue weighted by Gasteiger charge is 2.33. The van der Waals surface area contributed by atoms with E-state index in [9.17, 15) is 0 Å². The molecule has 1 nitrogen and oxygen atoms in total. The molecule has 4 heteroatoms.